The van der Waals surface area contributed by atoms with Crippen molar-refractivity contribution in [2.75, 3.05) is 6.26 Å². The van der Waals surface area contributed by atoms with Gasteiger partial charge in [0.15, 0.2) is 9.84 Å². The second-order valence-electron chi connectivity index (χ2n) is 4.12. The Morgan fingerprint density at radius 3 is 2.44 bits per heavy atom. The van der Waals surface area contributed by atoms with Crippen molar-refractivity contribution in [3.05, 3.63) is 52.1 Å². The lowest BCUT2D eigenvalue weighted by Crippen LogP contribution is -2.04. The van der Waals surface area contributed by atoms with Crippen molar-refractivity contribution in [2.24, 2.45) is 0 Å². The first-order valence-corrected chi connectivity index (χ1v) is 7.27. The Bertz CT molecular complexity index is 722. The van der Waals surface area contributed by atoms with Crippen LogP contribution in [0.4, 0.5) is 5.69 Å². The molecule has 0 saturated heterocycles. The molecule has 0 aliphatic heterocycles. The Morgan fingerprint density at radius 2 is 1.83 bits per heavy atom. The van der Waals surface area contributed by atoms with Crippen LogP contribution >= 0.6 is 0 Å². The molecule has 18 heavy (non-hydrogen) atoms. The van der Waals surface area contributed by atoms with Crippen molar-refractivity contribution in [3.63, 3.8) is 0 Å². The predicted molar refractivity (Wildman–Crippen MR) is 69.2 cm³/mol. The van der Waals surface area contributed by atoms with Crippen molar-refractivity contribution >= 4 is 26.3 Å². The van der Waals surface area contributed by atoms with Gasteiger partial charge in [-0.05, 0) is 11.5 Å². The third kappa shape index (κ3) is 2.48. The van der Waals surface area contributed by atoms with E-state index in [9.17, 15) is 18.5 Å². The molecule has 2 aromatic carbocycles. The highest BCUT2D eigenvalue weighted by Crippen LogP contribution is 2.30. The van der Waals surface area contributed by atoms with Crippen molar-refractivity contribution in [3.8, 4) is 0 Å². The smallest absolute Gasteiger partial charge is 0.258 e. The van der Waals surface area contributed by atoms with E-state index in [1.54, 1.807) is 30.3 Å². The molecule has 94 valence electrons. The van der Waals surface area contributed by atoms with Crippen LogP contribution in [-0.2, 0) is 15.6 Å². The number of hydrogen-bond acceptors (Lipinski definition) is 4. The summed E-state index contributed by atoms with van der Waals surface area (Å²) < 4.78 is 22.6. The average Bonchev–Trinajstić information content (AvgIpc) is 2.26. The van der Waals surface area contributed by atoms with Crippen molar-refractivity contribution in [1.29, 1.82) is 0 Å². The van der Waals surface area contributed by atoms with Gasteiger partial charge in [-0.1, -0.05) is 30.3 Å². The van der Waals surface area contributed by atoms with Crippen LogP contribution in [0.15, 0.2) is 36.4 Å². The van der Waals surface area contributed by atoms with E-state index in [0.717, 1.165) is 11.6 Å². The molecule has 0 fully saturated rings. The summed E-state index contributed by atoms with van der Waals surface area (Å²) in [6, 6.07) is 10.1. The highest BCUT2D eigenvalue weighted by Gasteiger charge is 2.20. The minimum Gasteiger partial charge on any atom is -0.258 e. The van der Waals surface area contributed by atoms with E-state index in [-0.39, 0.29) is 17.0 Å². The Kier molecular flexibility index (Phi) is 3.04. The fraction of sp³-hybridized carbons (Fsp3) is 0.167. The molecule has 0 bridgehead atoms. The summed E-state index contributed by atoms with van der Waals surface area (Å²) in [5.74, 6) is -0.325. The number of nitrogens with zero attached hydrogens (tertiary/aromatic N) is 1. The van der Waals surface area contributed by atoms with Gasteiger partial charge >= 0.3 is 0 Å². The normalized spacial score (nSPS) is 11.6. The largest absolute Gasteiger partial charge is 0.281 e. The Hall–Kier alpha value is -1.95. The average molecular weight is 265 g/mol. The van der Waals surface area contributed by atoms with Crippen LogP contribution in [0.3, 0.4) is 0 Å². The van der Waals surface area contributed by atoms with Crippen molar-refractivity contribution < 1.29 is 13.3 Å². The van der Waals surface area contributed by atoms with Crippen LogP contribution in [0, 0.1) is 10.1 Å². The number of fused-ring (bicyclic) bond motifs is 1. The summed E-state index contributed by atoms with van der Waals surface area (Å²) in [6.45, 7) is 0. The topological polar surface area (TPSA) is 77.3 Å². The van der Waals surface area contributed by atoms with Gasteiger partial charge in [0.2, 0.25) is 0 Å². The quantitative estimate of drug-likeness (QED) is 0.630. The summed E-state index contributed by atoms with van der Waals surface area (Å²) in [5.41, 5.74) is 0.0970. The van der Waals surface area contributed by atoms with Crippen LogP contribution in [0.2, 0.25) is 0 Å². The van der Waals surface area contributed by atoms with Gasteiger partial charge in [0.25, 0.3) is 5.69 Å². The Morgan fingerprint density at radius 1 is 1.17 bits per heavy atom. The van der Waals surface area contributed by atoms with Crippen LogP contribution < -0.4 is 0 Å². The molecule has 0 saturated carbocycles. The van der Waals surface area contributed by atoms with E-state index in [4.69, 9.17) is 0 Å². The van der Waals surface area contributed by atoms with Crippen molar-refractivity contribution in [2.45, 2.75) is 5.75 Å². The van der Waals surface area contributed by atoms with Gasteiger partial charge in [0.1, 0.15) is 0 Å². The number of nitro groups is 1. The summed E-state index contributed by atoms with van der Waals surface area (Å²) in [7, 11) is -3.31. The number of nitro benzene ring substituents is 1. The van der Waals surface area contributed by atoms with E-state index in [1.165, 1.54) is 6.07 Å². The fourth-order valence-electron chi connectivity index (χ4n) is 1.91. The van der Waals surface area contributed by atoms with Gasteiger partial charge in [-0.3, -0.25) is 10.1 Å². The Balaban J connectivity index is 2.75. The SMILES string of the molecule is CS(=O)(=O)Cc1ccc2ccccc2c1[N+](=O)[O-]. The maximum Gasteiger partial charge on any atom is 0.281 e. The first-order chi connectivity index (χ1) is 8.38. The Labute approximate surface area is 104 Å². The lowest BCUT2D eigenvalue weighted by atomic mass is 10.1. The second-order valence-corrected chi connectivity index (χ2v) is 6.26. The number of rotatable bonds is 3. The molecule has 0 N–H and O–H groups in total. The number of benzene rings is 2. The molecule has 5 nitrogen and oxygen atoms in total. The highest BCUT2D eigenvalue weighted by atomic mass is 32.2. The van der Waals surface area contributed by atoms with Crippen LogP contribution in [0.5, 0.6) is 0 Å². The second kappa shape index (κ2) is 4.38. The van der Waals surface area contributed by atoms with E-state index in [2.05, 4.69) is 0 Å². The molecule has 0 radical (unpaired) electrons. The minimum absolute atomic E-state index is 0.126. The van der Waals surface area contributed by atoms with E-state index >= 15 is 0 Å². The van der Waals surface area contributed by atoms with Crippen LogP contribution in [0.25, 0.3) is 10.8 Å². The first-order valence-electron chi connectivity index (χ1n) is 5.21. The molecular weight excluding hydrogens is 254 g/mol. The molecule has 0 aromatic heterocycles. The zero-order valence-corrected chi connectivity index (χ0v) is 10.5. The molecule has 0 aliphatic carbocycles. The van der Waals surface area contributed by atoms with E-state index < -0.39 is 14.8 Å². The molecule has 0 spiro atoms. The molecule has 2 aromatic rings. The van der Waals surface area contributed by atoms with E-state index in [1.807, 2.05) is 0 Å². The maximum absolute atomic E-state index is 11.3. The highest BCUT2D eigenvalue weighted by molar-refractivity contribution is 7.89. The zero-order valence-electron chi connectivity index (χ0n) is 9.66. The van der Waals surface area contributed by atoms with Gasteiger partial charge in [-0.25, -0.2) is 8.42 Å². The lowest BCUT2D eigenvalue weighted by molar-refractivity contribution is -0.383. The lowest BCUT2D eigenvalue weighted by Gasteiger charge is -2.05. The number of sulfone groups is 1. The summed E-state index contributed by atoms with van der Waals surface area (Å²) in [6.07, 6.45) is 1.06. The predicted octanol–water partition coefficient (Wildman–Crippen LogP) is 2.29. The zero-order chi connectivity index (χ0) is 13.3. The summed E-state index contributed by atoms with van der Waals surface area (Å²) in [5, 5.41) is 12.3. The maximum atomic E-state index is 11.3. The van der Waals surface area contributed by atoms with Gasteiger partial charge in [-0.15, -0.1) is 0 Å². The van der Waals surface area contributed by atoms with Crippen LogP contribution in [0.1, 0.15) is 5.56 Å². The molecule has 0 aliphatic rings. The van der Waals surface area contributed by atoms with Gasteiger partial charge in [0, 0.05) is 11.8 Å². The minimum atomic E-state index is -3.31. The third-order valence-corrected chi connectivity index (χ3v) is 3.42. The standard InChI is InChI=1S/C12H11NO4S/c1-18(16,17)8-10-7-6-9-4-2-3-5-11(9)12(10)13(14)15/h2-7H,8H2,1H3. The van der Waals surface area contributed by atoms with Gasteiger partial charge < -0.3 is 0 Å². The molecule has 0 heterocycles. The van der Waals surface area contributed by atoms with E-state index in [0.29, 0.717) is 5.39 Å². The molecule has 6 heteroatoms. The van der Waals surface area contributed by atoms with Gasteiger partial charge in [0.05, 0.1) is 16.1 Å². The summed E-state index contributed by atoms with van der Waals surface area (Å²) in [4.78, 5) is 10.6. The molecule has 2 rings (SSSR count). The molecule has 0 amide bonds. The number of hydrogen-bond donors (Lipinski definition) is 0. The van der Waals surface area contributed by atoms with Crippen molar-refractivity contribution in [1.82, 2.24) is 0 Å². The monoisotopic (exact) mass is 265 g/mol. The third-order valence-electron chi connectivity index (χ3n) is 2.58. The molecular formula is C12H11NO4S. The first kappa shape index (κ1) is 12.5. The van der Waals surface area contributed by atoms with Gasteiger partial charge in [-0.2, -0.15) is 0 Å². The summed E-state index contributed by atoms with van der Waals surface area (Å²) >= 11 is 0. The van der Waals surface area contributed by atoms with Crippen LogP contribution in [-0.4, -0.2) is 19.6 Å². The molecule has 0 unspecified atom stereocenters. The fourth-order valence-corrected chi connectivity index (χ4v) is 2.71. The molecule has 0 atom stereocenters.